The molecule has 0 saturated heterocycles. The fraction of sp³-hybridized carbons (Fsp3) is 0.857. The Balaban J connectivity index is 2.55. The van der Waals surface area contributed by atoms with E-state index in [9.17, 15) is 9.90 Å². The predicted molar refractivity (Wildman–Crippen MR) is 40.8 cm³/mol. The molecule has 3 atom stereocenters. The number of likely N-dealkylation sites (N-methyl/N-ethyl adjacent to an activating group) is 1. The Morgan fingerprint density at radius 1 is 1.64 bits per heavy atom. The van der Waals surface area contributed by atoms with Crippen molar-refractivity contribution in [3.8, 4) is 0 Å². The summed E-state index contributed by atoms with van der Waals surface area (Å²) >= 11 is 0. The third-order valence-electron chi connectivity index (χ3n) is 2.35. The van der Waals surface area contributed by atoms with Crippen LogP contribution in [0.3, 0.4) is 0 Å². The average Bonchev–Trinajstić information content (AvgIpc) is 2.30. The molecule has 1 aliphatic rings. The first kappa shape index (κ1) is 8.49. The number of amides is 1. The van der Waals surface area contributed by atoms with Crippen LogP contribution in [0.5, 0.6) is 0 Å². The summed E-state index contributed by atoms with van der Waals surface area (Å²) in [4.78, 5) is 10.7. The second-order valence-corrected chi connectivity index (χ2v) is 2.97. The highest BCUT2D eigenvalue weighted by atomic mass is 16.3. The fourth-order valence-electron chi connectivity index (χ4n) is 1.61. The van der Waals surface area contributed by atoms with Gasteiger partial charge < -0.3 is 16.2 Å². The number of aliphatic hydroxyl groups excluding tert-OH is 1. The summed E-state index contributed by atoms with van der Waals surface area (Å²) in [5.74, 6) is -0.748. The van der Waals surface area contributed by atoms with E-state index in [-0.39, 0.29) is 12.0 Å². The first-order chi connectivity index (χ1) is 5.16. The van der Waals surface area contributed by atoms with Crippen molar-refractivity contribution in [2.45, 2.75) is 25.0 Å². The highest BCUT2D eigenvalue weighted by Gasteiger charge is 2.36. The maximum Gasteiger partial charge on any atom is 0.223 e. The van der Waals surface area contributed by atoms with Crippen molar-refractivity contribution in [1.82, 2.24) is 5.32 Å². The van der Waals surface area contributed by atoms with Gasteiger partial charge in [-0.25, -0.2) is 0 Å². The topological polar surface area (TPSA) is 75.3 Å². The third kappa shape index (κ3) is 1.52. The summed E-state index contributed by atoms with van der Waals surface area (Å²) in [6, 6.07) is 0.0347. The summed E-state index contributed by atoms with van der Waals surface area (Å²) in [6.07, 6.45) is 0.922. The molecule has 0 spiro atoms. The van der Waals surface area contributed by atoms with Crippen molar-refractivity contribution in [2.24, 2.45) is 11.7 Å². The van der Waals surface area contributed by atoms with Crippen molar-refractivity contribution in [1.29, 1.82) is 0 Å². The lowest BCUT2D eigenvalue weighted by molar-refractivity contribution is -0.124. The van der Waals surface area contributed by atoms with E-state index in [1.54, 1.807) is 7.05 Å². The maximum atomic E-state index is 10.7. The quantitative estimate of drug-likeness (QED) is 0.474. The lowest BCUT2D eigenvalue weighted by Gasteiger charge is -2.16. The Morgan fingerprint density at radius 2 is 2.27 bits per heavy atom. The van der Waals surface area contributed by atoms with E-state index >= 15 is 0 Å². The van der Waals surface area contributed by atoms with Crippen molar-refractivity contribution in [2.75, 3.05) is 7.05 Å². The first-order valence-electron chi connectivity index (χ1n) is 3.81. The van der Waals surface area contributed by atoms with Crippen LogP contribution in [0.4, 0.5) is 0 Å². The van der Waals surface area contributed by atoms with Gasteiger partial charge in [0.2, 0.25) is 5.91 Å². The third-order valence-corrected chi connectivity index (χ3v) is 2.35. The van der Waals surface area contributed by atoms with Gasteiger partial charge in [-0.1, -0.05) is 0 Å². The molecule has 0 aromatic heterocycles. The van der Waals surface area contributed by atoms with Gasteiger partial charge >= 0.3 is 0 Å². The molecule has 0 aromatic carbocycles. The number of nitrogens with one attached hydrogen (secondary N) is 1. The molecule has 64 valence electrons. The Hall–Kier alpha value is -0.610. The van der Waals surface area contributed by atoms with Crippen molar-refractivity contribution in [3.63, 3.8) is 0 Å². The van der Waals surface area contributed by atoms with Gasteiger partial charge in [-0.05, 0) is 19.9 Å². The molecule has 0 heterocycles. The van der Waals surface area contributed by atoms with Crippen molar-refractivity contribution >= 4 is 5.91 Å². The van der Waals surface area contributed by atoms with E-state index in [2.05, 4.69) is 5.32 Å². The number of carbonyl (C=O) groups excluding carboxylic acids is 1. The van der Waals surface area contributed by atoms with Crippen LogP contribution in [0.1, 0.15) is 12.8 Å². The zero-order valence-electron chi connectivity index (χ0n) is 6.58. The second kappa shape index (κ2) is 3.19. The fourth-order valence-corrected chi connectivity index (χ4v) is 1.61. The Labute approximate surface area is 65.8 Å². The zero-order valence-corrected chi connectivity index (χ0v) is 6.58. The van der Waals surface area contributed by atoms with E-state index in [0.29, 0.717) is 6.42 Å². The van der Waals surface area contributed by atoms with Crippen LogP contribution in [0.15, 0.2) is 0 Å². The molecule has 1 amide bonds. The number of rotatable bonds is 2. The molecule has 0 aromatic rings. The van der Waals surface area contributed by atoms with Crippen molar-refractivity contribution in [3.05, 3.63) is 0 Å². The van der Waals surface area contributed by atoms with Gasteiger partial charge in [0.15, 0.2) is 0 Å². The minimum atomic E-state index is -0.600. The summed E-state index contributed by atoms with van der Waals surface area (Å²) in [5, 5.41) is 12.4. The zero-order chi connectivity index (χ0) is 8.43. The Morgan fingerprint density at radius 3 is 2.55 bits per heavy atom. The Bertz CT molecular complexity index is 161. The summed E-state index contributed by atoms with van der Waals surface area (Å²) in [5.41, 5.74) is 5.08. The average molecular weight is 158 g/mol. The van der Waals surface area contributed by atoms with Crippen LogP contribution in [-0.4, -0.2) is 30.2 Å². The molecular formula is C7H14N2O2. The molecule has 1 aliphatic carbocycles. The molecule has 0 radical (unpaired) electrons. The van der Waals surface area contributed by atoms with Crippen LogP contribution in [0, 0.1) is 5.92 Å². The smallest absolute Gasteiger partial charge is 0.223 e. The van der Waals surface area contributed by atoms with Gasteiger partial charge in [-0.3, -0.25) is 4.79 Å². The van der Waals surface area contributed by atoms with Crippen LogP contribution < -0.4 is 11.1 Å². The Kier molecular flexibility index (Phi) is 2.46. The van der Waals surface area contributed by atoms with E-state index < -0.39 is 12.0 Å². The van der Waals surface area contributed by atoms with E-state index in [0.717, 1.165) is 6.42 Å². The number of carbonyl (C=O) groups is 1. The minimum Gasteiger partial charge on any atom is -0.391 e. The lowest BCUT2D eigenvalue weighted by Crippen LogP contribution is -2.39. The molecule has 4 heteroatoms. The number of aliphatic hydroxyl groups is 1. The minimum absolute atomic E-state index is 0.0347. The van der Waals surface area contributed by atoms with E-state index in [1.165, 1.54) is 0 Å². The predicted octanol–water partition coefficient (Wildman–Crippen LogP) is -1.17. The molecule has 1 fully saturated rings. The van der Waals surface area contributed by atoms with Gasteiger partial charge in [0.25, 0.3) is 0 Å². The molecule has 11 heavy (non-hydrogen) atoms. The molecule has 4 nitrogen and oxygen atoms in total. The molecule has 0 unspecified atom stereocenters. The largest absolute Gasteiger partial charge is 0.391 e. The van der Waals surface area contributed by atoms with Crippen molar-refractivity contribution < 1.29 is 9.90 Å². The van der Waals surface area contributed by atoms with Crippen LogP contribution in [0.25, 0.3) is 0 Å². The molecular weight excluding hydrogens is 144 g/mol. The standard InChI is InChI=1S/C7H14N2O2/c1-9-5-3-2-4(6(5)10)7(8)11/h4-6,9-10H,2-3H2,1H3,(H2,8,11)/t4-,5-,6+/m1/s1. The number of hydrogen-bond acceptors (Lipinski definition) is 3. The summed E-state index contributed by atoms with van der Waals surface area (Å²) in [7, 11) is 1.78. The van der Waals surface area contributed by atoms with Crippen LogP contribution in [0.2, 0.25) is 0 Å². The van der Waals surface area contributed by atoms with Gasteiger partial charge in [0.05, 0.1) is 12.0 Å². The highest BCUT2D eigenvalue weighted by molar-refractivity contribution is 5.77. The second-order valence-electron chi connectivity index (χ2n) is 2.97. The lowest BCUT2D eigenvalue weighted by atomic mass is 10.1. The first-order valence-corrected chi connectivity index (χ1v) is 3.81. The van der Waals surface area contributed by atoms with Gasteiger partial charge in [0.1, 0.15) is 0 Å². The molecule has 1 saturated carbocycles. The highest BCUT2D eigenvalue weighted by Crippen LogP contribution is 2.25. The SMILES string of the molecule is CN[C@@H]1CC[C@@H](C(N)=O)[C@@H]1O. The number of primary amides is 1. The van der Waals surface area contributed by atoms with E-state index in [1.807, 2.05) is 0 Å². The van der Waals surface area contributed by atoms with Gasteiger partial charge in [-0.15, -0.1) is 0 Å². The van der Waals surface area contributed by atoms with Crippen LogP contribution >= 0.6 is 0 Å². The van der Waals surface area contributed by atoms with Crippen LogP contribution in [-0.2, 0) is 4.79 Å². The monoisotopic (exact) mass is 158 g/mol. The molecule has 0 aliphatic heterocycles. The van der Waals surface area contributed by atoms with E-state index in [4.69, 9.17) is 5.73 Å². The molecule has 0 bridgehead atoms. The number of hydrogen-bond donors (Lipinski definition) is 3. The normalized spacial score (nSPS) is 37.5. The number of nitrogens with two attached hydrogens (primary N) is 1. The maximum absolute atomic E-state index is 10.7. The summed E-state index contributed by atoms with van der Waals surface area (Å²) in [6.45, 7) is 0. The molecule has 4 N–H and O–H groups in total. The summed E-state index contributed by atoms with van der Waals surface area (Å²) < 4.78 is 0. The van der Waals surface area contributed by atoms with Gasteiger partial charge in [-0.2, -0.15) is 0 Å². The molecule has 1 rings (SSSR count). The van der Waals surface area contributed by atoms with Gasteiger partial charge in [0, 0.05) is 6.04 Å².